The lowest BCUT2D eigenvalue weighted by Crippen LogP contribution is -2.42. The van der Waals surface area contributed by atoms with Crippen molar-refractivity contribution in [2.24, 2.45) is 5.92 Å². The molecule has 0 aromatic heterocycles. The molecule has 1 aliphatic carbocycles. The van der Waals surface area contributed by atoms with Crippen LogP contribution in [0.2, 0.25) is 0 Å². The van der Waals surface area contributed by atoms with E-state index in [-0.39, 0.29) is 18.2 Å². The van der Waals surface area contributed by atoms with E-state index >= 15 is 0 Å². The Bertz CT molecular complexity index is 537. The van der Waals surface area contributed by atoms with Crippen molar-refractivity contribution in [3.63, 3.8) is 0 Å². The molecule has 2 rings (SSSR count). The molecule has 1 aromatic carbocycles. The summed E-state index contributed by atoms with van der Waals surface area (Å²) < 4.78 is 0. The highest BCUT2D eigenvalue weighted by atomic mass is 16.4. The van der Waals surface area contributed by atoms with E-state index in [0.717, 1.165) is 18.4 Å². The monoisotopic (exact) mass is 289 g/mol. The standard InChI is InChI=1S/C17H23NO3/c1-11(2)8-15(17(20)21)18-16(19)10-12-6-7-13-4-3-5-14(13)9-12/h6-7,9,11,15H,3-5,8,10H2,1-2H3,(H,18,19)(H,20,21)/t15-/m1/s1. The first-order valence-electron chi connectivity index (χ1n) is 7.58. The molecule has 0 saturated carbocycles. The lowest BCUT2D eigenvalue weighted by Gasteiger charge is -2.16. The molecule has 0 fully saturated rings. The van der Waals surface area contributed by atoms with Crippen molar-refractivity contribution >= 4 is 11.9 Å². The molecule has 1 aliphatic rings. The van der Waals surface area contributed by atoms with Crippen molar-refractivity contribution in [1.82, 2.24) is 5.32 Å². The first-order valence-corrected chi connectivity index (χ1v) is 7.58. The maximum absolute atomic E-state index is 12.0. The molecule has 2 N–H and O–H groups in total. The predicted molar refractivity (Wildman–Crippen MR) is 81.2 cm³/mol. The van der Waals surface area contributed by atoms with Crippen LogP contribution in [0.15, 0.2) is 18.2 Å². The number of carboxylic acids is 1. The SMILES string of the molecule is CC(C)C[C@@H](NC(=O)Cc1ccc2c(c1)CCC2)C(=O)O. The van der Waals surface area contributed by atoms with Crippen LogP contribution in [0.1, 0.15) is 43.4 Å². The van der Waals surface area contributed by atoms with Gasteiger partial charge in [-0.25, -0.2) is 4.79 Å². The summed E-state index contributed by atoms with van der Waals surface area (Å²) in [5.74, 6) is -0.960. The van der Waals surface area contributed by atoms with Crippen molar-refractivity contribution in [1.29, 1.82) is 0 Å². The molecule has 0 radical (unpaired) electrons. The maximum Gasteiger partial charge on any atom is 0.326 e. The van der Waals surface area contributed by atoms with Gasteiger partial charge in [-0.2, -0.15) is 0 Å². The Hall–Kier alpha value is -1.84. The second-order valence-electron chi connectivity index (χ2n) is 6.22. The van der Waals surface area contributed by atoms with E-state index in [9.17, 15) is 9.59 Å². The molecule has 0 saturated heterocycles. The van der Waals surface area contributed by atoms with Crippen molar-refractivity contribution in [2.75, 3.05) is 0 Å². The minimum atomic E-state index is -0.967. The molecule has 0 heterocycles. The van der Waals surface area contributed by atoms with Gasteiger partial charge in [-0.05, 0) is 48.3 Å². The minimum absolute atomic E-state index is 0.221. The summed E-state index contributed by atoms with van der Waals surface area (Å²) in [6, 6.07) is 5.35. The van der Waals surface area contributed by atoms with E-state index in [0.29, 0.717) is 6.42 Å². The number of benzene rings is 1. The lowest BCUT2D eigenvalue weighted by atomic mass is 10.0. The Morgan fingerprint density at radius 3 is 2.62 bits per heavy atom. The topological polar surface area (TPSA) is 66.4 Å². The van der Waals surface area contributed by atoms with Gasteiger partial charge in [0.2, 0.25) is 5.91 Å². The fraction of sp³-hybridized carbons (Fsp3) is 0.529. The van der Waals surface area contributed by atoms with Gasteiger partial charge in [0, 0.05) is 0 Å². The molecule has 0 spiro atoms. The van der Waals surface area contributed by atoms with Crippen molar-refractivity contribution in [3.8, 4) is 0 Å². The number of rotatable bonds is 6. The van der Waals surface area contributed by atoms with E-state index in [4.69, 9.17) is 5.11 Å². The van der Waals surface area contributed by atoms with Crippen LogP contribution in [-0.2, 0) is 28.9 Å². The Kier molecular flexibility index (Phi) is 4.99. The van der Waals surface area contributed by atoms with E-state index in [1.54, 1.807) is 0 Å². The largest absolute Gasteiger partial charge is 0.480 e. The average molecular weight is 289 g/mol. The number of aryl methyl sites for hydroxylation is 2. The zero-order chi connectivity index (χ0) is 15.4. The third-order valence-corrected chi connectivity index (χ3v) is 3.87. The first kappa shape index (κ1) is 15.5. The quantitative estimate of drug-likeness (QED) is 0.844. The summed E-state index contributed by atoms with van der Waals surface area (Å²) in [5, 5.41) is 11.8. The molecule has 21 heavy (non-hydrogen) atoms. The third kappa shape index (κ3) is 4.31. The second-order valence-corrected chi connectivity index (χ2v) is 6.22. The van der Waals surface area contributed by atoms with Crippen LogP contribution in [0.4, 0.5) is 0 Å². The molecule has 1 aromatic rings. The van der Waals surface area contributed by atoms with E-state index < -0.39 is 12.0 Å². The van der Waals surface area contributed by atoms with E-state index in [2.05, 4.69) is 17.4 Å². The summed E-state index contributed by atoms with van der Waals surface area (Å²) in [6.07, 6.45) is 4.08. The van der Waals surface area contributed by atoms with Crippen molar-refractivity contribution in [2.45, 2.75) is 52.0 Å². The Balaban J connectivity index is 1.96. The van der Waals surface area contributed by atoms with Crippen molar-refractivity contribution < 1.29 is 14.7 Å². The van der Waals surface area contributed by atoms with Gasteiger partial charge in [0.05, 0.1) is 6.42 Å². The molecular formula is C17H23NO3. The van der Waals surface area contributed by atoms with Crippen LogP contribution < -0.4 is 5.32 Å². The fourth-order valence-electron chi connectivity index (χ4n) is 2.86. The molecule has 1 atom stereocenters. The number of hydrogen-bond donors (Lipinski definition) is 2. The number of amides is 1. The van der Waals surface area contributed by atoms with Crippen LogP contribution in [0.25, 0.3) is 0 Å². The molecule has 0 unspecified atom stereocenters. The second kappa shape index (κ2) is 6.74. The van der Waals surface area contributed by atoms with Gasteiger partial charge in [-0.15, -0.1) is 0 Å². The number of hydrogen-bond acceptors (Lipinski definition) is 2. The molecular weight excluding hydrogens is 266 g/mol. The van der Waals surface area contributed by atoms with Crippen LogP contribution in [-0.4, -0.2) is 23.0 Å². The number of carbonyl (C=O) groups excluding carboxylic acids is 1. The molecule has 0 aliphatic heterocycles. The smallest absolute Gasteiger partial charge is 0.326 e. The Morgan fingerprint density at radius 1 is 1.24 bits per heavy atom. The van der Waals surface area contributed by atoms with Gasteiger partial charge in [0.15, 0.2) is 0 Å². The molecule has 4 heteroatoms. The summed E-state index contributed by atoms with van der Waals surface area (Å²) in [6.45, 7) is 3.89. The molecule has 4 nitrogen and oxygen atoms in total. The minimum Gasteiger partial charge on any atom is -0.480 e. The molecule has 1 amide bonds. The third-order valence-electron chi connectivity index (χ3n) is 3.87. The summed E-state index contributed by atoms with van der Waals surface area (Å²) in [7, 11) is 0. The lowest BCUT2D eigenvalue weighted by molar-refractivity contribution is -0.142. The Morgan fingerprint density at radius 2 is 1.95 bits per heavy atom. The summed E-state index contributed by atoms with van der Waals surface area (Å²) >= 11 is 0. The number of carboxylic acid groups (broad SMARTS) is 1. The van der Waals surface area contributed by atoms with Gasteiger partial charge >= 0.3 is 5.97 Å². The van der Waals surface area contributed by atoms with E-state index in [1.165, 1.54) is 17.5 Å². The van der Waals surface area contributed by atoms with Gasteiger partial charge in [0.1, 0.15) is 6.04 Å². The zero-order valence-electron chi connectivity index (χ0n) is 12.7. The van der Waals surface area contributed by atoms with Gasteiger partial charge < -0.3 is 10.4 Å². The van der Waals surface area contributed by atoms with Gasteiger partial charge in [0.25, 0.3) is 0 Å². The van der Waals surface area contributed by atoms with Crippen molar-refractivity contribution in [3.05, 3.63) is 34.9 Å². The van der Waals surface area contributed by atoms with Gasteiger partial charge in [-0.1, -0.05) is 32.0 Å². The highest BCUT2D eigenvalue weighted by molar-refractivity contribution is 5.84. The highest BCUT2D eigenvalue weighted by Crippen LogP contribution is 2.23. The predicted octanol–water partition coefficient (Wildman–Crippen LogP) is 2.33. The molecule has 0 bridgehead atoms. The van der Waals surface area contributed by atoms with Crippen LogP contribution in [0, 0.1) is 5.92 Å². The van der Waals surface area contributed by atoms with Crippen LogP contribution >= 0.6 is 0 Å². The van der Waals surface area contributed by atoms with Gasteiger partial charge in [-0.3, -0.25) is 4.79 Å². The number of nitrogens with one attached hydrogen (secondary N) is 1. The first-order chi connectivity index (χ1) is 9.95. The number of fused-ring (bicyclic) bond motifs is 1. The van der Waals surface area contributed by atoms with Crippen LogP contribution in [0.5, 0.6) is 0 Å². The zero-order valence-corrected chi connectivity index (χ0v) is 12.7. The normalized spacial score (nSPS) is 14.8. The number of carbonyl (C=O) groups is 2. The summed E-state index contributed by atoms with van der Waals surface area (Å²) in [4.78, 5) is 23.2. The average Bonchev–Trinajstić information content (AvgIpc) is 2.84. The summed E-state index contributed by atoms with van der Waals surface area (Å²) in [5.41, 5.74) is 3.67. The maximum atomic E-state index is 12.0. The van der Waals surface area contributed by atoms with Crippen LogP contribution in [0.3, 0.4) is 0 Å². The van der Waals surface area contributed by atoms with E-state index in [1.807, 2.05) is 19.9 Å². The number of aliphatic carboxylic acids is 1. The highest BCUT2D eigenvalue weighted by Gasteiger charge is 2.21. The molecule has 114 valence electrons. The Labute approximate surface area is 125 Å². The fourth-order valence-corrected chi connectivity index (χ4v) is 2.86.